The van der Waals surface area contributed by atoms with Gasteiger partial charge in [-0.2, -0.15) is 0 Å². The summed E-state index contributed by atoms with van der Waals surface area (Å²) in [5.74, 6) is 0.262. The van der Waals surface area contributed by atoms with Crippen LogP contribution in [0.1, 0.15) is 6.92 Å². The molecule has 0 aromatic rings. The number of hydrogen-bond acceptors (Lipinski definition) is 2. The number of allylic oxidation sites excluding steroid dienone is 2. The SMILES string of the molecule is CC(=O)OC1=CC=C=C[CH]1.[I-].[Zn]. The molecule has 0 aromatic carbocycles. The minimum Gasteiger partial charge on any atom is -1.00 e. The predicted octanol–water partition coefficient (Wildman–Crippen LogP) is -1.64. The molecule has 2 nitrogen and oxygen atoms in total. The second kappa shape index (κ2) is 7.72. The van der Waals surface area contributed by atoms with Crippen LogP contribution < -0.4 is 24.0 Å². The molecule has 4 heteroatoms. The van der Waals surface area contributed by atoms with Crippen molar-refractivity contribution in [1.82, 2.24) is 0 Å². The van der Waals surface area contributed by atoms with Crippen LogP contribution in [0.4, 0.5) is 0 Å². The normalized spacial score (nSPS) is 12.2. The topological polar surface area (TPSA) is 26.3 Å². The number of ether oxygens (including phenoxy) is 1. The minimum atomic E-state index is -0.300. The van der Waals surface area contributed by atoms with Crippen molar-refractivity contribution in [2.75, 3.05) is 0 Å². The molecule has 0 N–H and O–H groups in total. The van der Waals surface area contributed by atoms with Gasteiger partial charge in [0.05, 0.1) is 6.42 Å². The molecule has 1 aliphatic carbocycles. The number of carbonyl (C=O) groups excluding carboxylic acids is 1. The summed E-state index contributed by atoms with van der Waals surface area (Å²) in [6.07, 6.45) is 6.75. The molecule has 0 atom stereocenters. The van der Waals surface area contributed by atoms with E-state index in [0.29, 0.717) is 5.76 Å². The van der Waals surface area contributed by atoms with Crippen molar-refractivity contribution in [3.63, 3.8) is 0 Å². The third-order valence-corrected chi connectivity index (χ3v) is 0.949. The van der Waals surface area contributed by atoms with Gasteiger partial charge in [0.1, 0.15) is 5.76 Å². The molecule has 0 spiro atoms. The maximum Gasteiger partial charge on any atom is 0.307 e. The number of rotatable bonds is 1. The van der Waals surface area contributed by atoms with Gasteiger partial charge in [0, 0.05) is 26.4 Å². The summed E-state index contributed by atoms with van der Waals surface area (Å²) in [4.78, 5) is 10.4. The Morgan fingerprint density at radius 2 is 2.17 bits per heavy atom. The summed E-state index contributed by atoms with van der Waals surface area (Å²) in [7, 11) is 0. The maximum absolute atomic E-state index is 10.4. The van der Waals surface area contributed by atoms with Gasteiger partial charge in [0.2, 0.25) is 0 Å². The molecule has 1 rings (SSSR count). The smallest absolute Gasteiger partial charge is 0.307 e. The van der Waals surface area contributed by atoms with Crippen molar-refractivity contribution in [3.8, 4) is 0 Å². The van der Waals surface area contributed by atoms with Crippen molar-refractivity contribution in [2.45, 2.75) is 6.92 Å². The van der Waals surface area contributed by atoms with Gasteiger partial charge < -0.3 is 28.7 Å². The van der Waals surface area contributed by atoms with E-state index in [4.69, 9.17) is 4.74 Å². The molecule has 1 aliphatic rings. The Bertz CT molecular complexity index is 239. The van der Waals surface area contributed by atoms with E-state index in [-0.39, 0.29) is 49.4 Å². The van der Waals surface area contributed by atoms with Gasteiger partial charge in [-0.25, -0.2) is 0 Å². The maximum atomic E-state index is 10.4. The molecule has 0 fully saturated rings. The van der Waals surface area contributed by atoms with Crippen molar-refractivity contribution in [2.24, 2.45) is 0 Å². The van der Waals surface area contributed by atoms with Gasteiger partial charge in [-0.15, -0.1) is 5.73 Å². The summed E-state index contributed by atoms with van der Waals surface area (Å²) in [5, 5.41) is 0. The summed E-state index contributed by atoms with van der Waals surface area (Å²) >= 11 is 0. The third kappa shape index (κ3) is 5.70. The van der Waals surface area contributed by atoms with Crippen molar-refractivity contribution in [1.29, 1.82) is 0 Å². The van der Waals surface area contributed by atoms with Gasteiger partial charge in [0.25, 0.3) is 0 Å². The van der Waals surface area contributed by atoms with E-state index in [1.807, 2.05) is 0 Å². The second-order valence-electron chi connectivity index (χ2n) is 1.83. The van der Waals surface area contributed by atoms with Gasteiger partial charge in [-0.3, -0.25) is 4.79 Å². The Morgan fingerprint density at radius 1 is 1.50 bits per heavy atom. The molecule has 0 saturated heterocycles. The number of esters is 1. The zero-order valence-corrected chi connectivity index (χ0v) is 11.8. The van der Waals surface area contributed by atoms with Gasteiger partial charge in [0.15, 0.2) is 0 Å². The van der Waals surface area contributed by atoms with Crippen molar-refractivity contribution < 1.29 is 53.0 Å². The Balaban J connectivity index is 0. The summed E-state index contributed by atoms with van der Waals surface area (Å²) in [6, 6.07) is 0. The van der Waals surface area contributed by atoms with Crippen LogP contribution in [-0.4, -0.2) is 5.97 Å². The van der Waals surface area contributed by atoms with Crippen LogP contribution in [0, 0.1) is 6.42 Å². The van der Waals surface area contributed by atoms with Crippen LogP contribution in [0.25, 0.3) is 0 Å². The van der Waals surface area contributed by atoms with Crippen LogP contribution in [-0.2, 0) is 29.0 Å². The average molecular weight is 327 g/mol. The monoisotopic (exact) mass is 326 g/mol. The molecule has 0 aromatic heterocycles. The van der Waals surface area contributed by atoms with Crippen LogP contribution in [0.3, 0.4) is 0 Å². The fourth-order valence-electron chi connectivity index (χ4n) is 0.606. The third-order valence-electron chi connectivity index (χ3n) is 0.949. The van der Waals surface area contributed by atoms with E-state index in [0.717, 1.165) is 0 Å². The molecule has 0 heterocycles. The zero-order chi connectivity index (χ0) is 7.40. The predicted molar refractivity (Wildman–Crippen MR) is 36.8 cm³/mol. The molecular formula is C8H7IO2Zn-. The Morgan fingerprint density at radius 3 is 2.58 bits per heavy atom. The minimum absolute atomic E-state index is 0. The standard InChI is InChI=1S/C8H7O2.HI.Zn/c1-7(9)10-8-5-3-2-4-6-8;;/h3-6H,1H3;1H;/p-1. The van der Waals surface area contributed by atoms with E-state index in [9.17, 15) is 4.79 Å². The molecule has 61 valence electrons. The summed E-state index contributed by atoms with van der Waals surface area (Å²) in [6.45, 7) is 1.37. The Labute approximate surface area is 102 Å². The van der Waals surface area contributed by atoms with Crippen LogP contribution >= 0.6 is 0 Å². The fraction of sp³-hybridized carbons (Fsp3) is 0.125. The molecule has 12 heavy (non-hydrogen) atoms. The van der Waals surface area contributed by atoms with Gasteiger partial charge in [-0.1, -0.05) is 0 Å². The molecule has 0 saturated carbocycles. The Kier molecular flexibility index (Phi) is 9.39. The van der Waals surface area contributed by atoms with Gasteiger partial charge >= 0.3 is 5.97 Å². The number of hydrogen-bond donors (Lipinski definition) is 0. The molecule has 0 bridgehead atoms. The molecule has 0 unspecified atom stereocenters. The van der Waals surface area contributed by atoms with Crippen LogP contribution in [0.2, 0.25) is 0 Å². The number of carbonyl (C=O) groups is 1. The quantitative estimate of drug-likeness (QED) is 0.250. The van der Waals surface area contributed by atoms with Gasteiger partial charge in [-0.05, 0) is 18.2 Å². The first-order valence-electron chi connectivity index (χ1n) is 2.93. The van der Waals surface area contributed by atoms with E-state index in [2.05, 4.69) is 5.73 Å². The van der Waals surface area contributed by atoms with Crippen LogP contribution in [0.15, 0.2) is 29.7 Å². The average Bonchev–Trinajstić information content (AvgIpc) is 1.88. The molecule has 0 aliphatic heterocycles. The summed E-state index contributed by atoms with van der Waals surface area (Å²) < 4.78 is 4.76. The first-order valence-corrected chi connectivity index (χ1v) is 2.93. The number of halogens is 1. The van der Waals surface area contributed by atoms with Crippen molar-refractivity contribution >= 4 is 5.97 Å². The zero-order valence-electron chi connectivity index (χ0n) is 6.71. The van der Waals surface area contributed by atoms with E-state index in [1.54, 1.807) is 24.6 Å². The van der Waals surface area contributed by atoms with Crippen molar-refractivity contribution in [3.05, 3.63) is 36.1 Å². The van der Waals surface area contributed by atoms with E-state index < -0.39 is 0 Å². The largest absolute Gasteiger partial charge is 1.00 e. The molecular weight excluding hydrogens is 320 g/mol. The van der Waals surface area contributed by atoms with Crippen LogP contribution in [0.5, 0.6) is 0 Å². The molecule has 0 amide bonds. The second-order valence-corrected chi connectivity index (χ2v) is 1.83. The fourth-order valence-corrected chi connectivity index (χ4v) is 0.606. The first-order chi connectivity index (χ1) is 4.79. The van der Waals surface area contributed by atoms with E-state index in [1.165, 1.54) is 6.92 Å². The Hall–Kier alpha value is 0.0834. The molecule has 1 radical (unpaired) electrons. The first kappa shape index (κ1) is 14.6. The van der Waals surface area contributed by atoms with E-state index >= 15 is 0 Å². The summed E-state index contributed by atoms with van der Waals surface area (Å²) in [5.41, 5.74) is 2.81.